The number of rotatable bonds is 3. The van der Waals surface area contributed by atoms with E-state index in [2.05, 4.69) is 12.0 Å². The maximum Gasteiger partial charge on any atom is 0.0653 e. The van der Waals surface area contributed by atoms with E-state index >= 15 is 0 Å². The van der Waals surface area contributed by atoms with Crippen LogP contribution in [-0.2, 0) is 13.5 Å². The first kappa shape index (κ1) is 8.75. The van der Waals surface area contributed by atoms with Gasteiger partial charge < -0.3 is 5.11 Å². The second-order valence-corrected chi connectivity index (χ2v) is 4.10. The van der Waals surface area contributed by atoms with Gasteiger partial charge in [0.15, 0.2) is 0 Å². The van der Waals surface area contributed by atoms with Gasteiger partial charge in [0.25, 0.3) is 0 Å². The van der Waals surface area contributed by atoms with Gasteiger partial charge in [0, 0.05) is 12.7 Å². The Labute approximate surface area is 78.4 Å². The van der Waals surface area contributed by atoms with Crippen LogP contribution in [-0.4, -0.2) is 20.5 Å². The molecule has 1 aliphatic carbocycles. The highest BCUT2D eigenvalue weighted by atomic mass is 16.3. The Morgan fingerprint density at radius 1 is 1.62 bits per heavy atom. The molecule has 1 fully saturated rings. The summed E-state index contributed by atoms with van der Waals surface area (Å²) in [5.41, 5.74) is 2.15. The van der Waals surface area contributed by atoms with Gasteiger partial charge >= 0.3 is 0 Å². The lowest BCUT2D eigenvalue weighted by Crippen LogP contribution is -2.08. The molecule has 0 unspecified atom stereocenters. The zero-order valence-corrected chi connectivity index (χ0v) is 8.25. The standard InChI is InChI=1S/C10H16N2O/c1-8-9(7-11-12(8)2)3-4-10(13)5-6-10/h7,13H,3-6H2,1-2H3. The van der Waals surface area contributed by atoms with Crippen molar-refractivity contribution in [2.75, 3.05) is 0 Å². The van der Waals surface area contributed by atoms with E-state index in [0.29, 0.717) is 0 Å². The average molecular weight is 180 g/mol. The first-order chi connectivity index (χ1) is 6.11. The monoisotopic (exact) mass is 180 g/mol. The lowest BCUT2D eigenvalue weighted by molar-refractivity contribution is 0.140. The molecule has 1 saturated carbocycles. The normalized spacial score (nSPS) is 19.0. The summed E-state index contributed by atoms with van der Waals surface area (Å²) in [6, 6.07) is 0. The lowest BCUT2D eigenvalue weighted by atomic mass is 10.1. The molecule has 72 valence electrons. The zero-order chi connectivity index (χ0) is 9.47. The summed E-state index contributed by atoms with van der Waals surface area (Å²) in [5, 5.41) is 13.8. The topological polar surface area (TPSA) is 38.1 Å². The van der Waals surface area contributed by atoms with E-state index < -0.39 is 0 Å². The van der Waals surface area contributed by atoms with Gasteiger partial charge in [-0.25, -0.2) is 0 Å². The van der Waals surface area contributed by atoms with Gasteiger partial charge in [-0.05, 0) is 38.2 Å². The van der Waals surface area contributed by atoms with Gasteiger partial charge in [0.2, 0.25) is 0 Å². The summed E-state index contributed by atoms with van der Waals surface area (Å²) in [4.78, 5) is 0. The minimum absolute atomic E-state index is 0.331. The van der Waals surface area contributed by atoms with Crippen LogP contribution in [0.1, 0.15) is 30.5 Å². The Morgan fingerprint density at radius 3 is 2.77 bits per heavy atom. The molecule has 1 aromatic heterocycles. The molecule has 1 N–H and O–H groups in total. The van der Waals surface area contributed by atoms with Crippen molar-refractivity contribution >= 4 is 0 Å². The predicted octanol–water partition coefficient (Wildman–Crippen LogP) is 1.19. The Balaban J connectivity index is 1.97. The van der Waals surface area contributed by atoms with Crippen molar-refractivity contribution in [2.24, 2.45) is 7.05 Å². The van der Waals surface area contributed by atoms with Crippen LogP contribution in [0.25, 0.3) is 0 Å². The van der Waals surface area contributed by atoms with Crippen LogP contribution in [0.4, 0.5) is 0 Å². The number of hydrogen-bond acceptors (Lipinski definition) is 2. The molecular weight excluding hydrogens is 164 g/mol. The van der Waals surface area contributed by atoms with E-state index in [0.717, 1.165) is 25.7 Å². The number of aryl methyl sites for hydroxylation is 2. The Hall–Kier alpha value is -0.830. The van der Waals surface area contributed by atoms with Gasteiger partial charge in [0.05, 0.1) is 11.8 Å². The van der Waals surface area contributed by atoms with Gasteiger partial charge in [-0.1, -0.05) is 0 Å². The molecule has 13 heavy (non-hydrogen) atoms. The van der Waals surface area contributed by atoms with Crippen molar-refractivity contribution in [3.8, 4) is 0 Å². The van der Waals surface area contributed by atoms with E-state index in [1.807, 2.05) is 17.9 Å². The van der Waals surface area contributed by atoms with Crippen molar-refractivity contribution in [2.45, 2.75) is 38.2 Å². The first-order valence-corrected chi connectivity index (χ1v) is 4.81. The third kappa shape index (κ3) is 1.75. The maximum absolute atomic E-state index is 9.66. The number of nitrogens with zero attached hydrogens (tertiary/aromatic N) is 2. The molecule has 3 heteroatoms. The van der Waals surface area contributed by atoms with Crippen LogP contribution >= 0.6 is 0 Å². The molecular formula is C10H16N2O. The van der Waals surface area contributed by atoms with Crippen LogP contribution in [0, 0.1) is 6.92 Å². The van der Waals surface area contributed by atoms with E-state index in [1.54, 1.807) is 0 Å². The fourth-order valence-electron chi connectivity index (χ4n) is 1.55. The minimum Gasteiger partial charge on any atom is -0.390 e. The number of aliphatic hydroxyl groups is 1. The largest absolute Gasteiger partial charge is 0.390 e. The predicted molar refractivity (Wildman–Crippen MR) is 50.4 cm³/mol. The maximum atomic E-state index is 9.66. The molecule has 0 radical (unpaired) electrons. The molecule has 0 atom stereocenters. The van der Waals surface area contributed by atoms with Gasteiger partial charge in [-0.2, -0.15) is 5.10 Å². The van der Waals surface area contributed by atoms with E-state index in [1.165, 1.54) is 11.3 Å². The molecule has 3 nitrogen and oxygen atoms in total. The minimum atomic E-state index is -0.331. The number of hydrogen-bond donors (Lipinski definition) is 1. The van der Waals surface area contributed by atoms with Crippen molar-refractivity contribution in [1.82, 2.24) is 9.78 Å². The molecule has 1 heterocycles. The molecule has 0 spiro atoms. The van der Waals surface area contributed by atoms with Gasteiger partial charge in [-0.3, -0.25) is 4.68 Å². The summed E-state index contributed by atoms with van der Waals surface area (Å²) in [7, 11) is 1.95. The Morgan fingerprint density at radius 2 is 2.31 bits per heavy atom. The molecule has 0 bridgehead atoms. The second kappa shape index (κ2) is 2.84. The second-order valence-electron chi connectivity index (χ2n) is 4.10. The Bertz CT molecular complexity index is 313. The molecule has 0 aromatic carbocycles. The lowest BCUT2D eigenvalue weighted by Gasteiger charge is -2.06. The van der Waals surface area contributed by atoms with Crippen molar-refractivity contribution in [3.63, 3.8) is 0 Å². The third-order valence-corrected chi connectivity index (χ3v) is 3.02. The summed E-state index contributed by atoms with van der Waals surface area (Å²) < 4.78 is 1.88. The van der Waals surface area contributed by atoms with Crippen molar-refractivity contribution < 1.29 is 5.11 Å². The highest BCUT2D eigenvalue weighted by molar-refractivity contribution is 5.16. The van der Waals surface area contributed by atoms with Crippen LogP contribution < -0.4 is 0 Å². The van der Waals surface area contributed by atoms with Crippen LogP contribution in [0.15, 0.2) is 6.20 Å². The fraction of sp³-hybridized carbons (Fsp3) is 0.700. The molecule has 1 aliphatic rings. The van der Waals surface area contributed by atoms with Crippen LogP contribution in [0.2, 0.25) is 0 Å². The smallest absolute Gasteiger partial charge is 0.0653 e. The van der Waals surface area contributed by atoms with E-state index in [4.69, 9.17) is 0 Å². The first-order valence-electron chi connectivity index (χ1n) is 4.81. The molecule has 0 aliphatic heterocycles. The van der Waals surface area contributed by atoms with Gasteiger partial charge in [0.1, 0.15) is 0 Å². The Kier molecular flexibility index (Phi) is 1.91. The summed E-state index contributed by atoms with van der Waals surface area (Å²) in [6.07, 6.45) is 5.70. The fourth-order valence-corrected chi connectivity index (χ4v) is 1.55. The summed E-state index contributed by atoms with van der Waals surface area (Å²) >= 11 is 0. The third-order valence-electron chi connectivity index (χ3n) is 3.02. The highest BCUT2D eigenvalue weighted by Crippen LogP contribution is 2.39. The van der Waals surface area contributed by atoms with Gasteiger partial charge in [-0.15, -0.1) is 0 Å². The van der Waals surface area contributed by atoms with E-state index in [9.17, 15) is 5.11 Å². The summed E-state index contributed by atoms with van der Waals surface area (Å²) in [5.74, 6) is 0. The molecule has 1 aromatic rings. The van der Waals surface area contributed by atoms with Crippen molar-refractivity contribution in [3.05, 3.63) is 17.5 Å². The van der Waals surface area contributed by atoms with Crippen molar-refractivity contribution in [1.29, 1.82) is 0 Å². The SMILES string of the molecule is Cc1c(CCC2(O)CC2)cnn1C. The summed E-state index contributed by atoms with van der Waals surface area (Å²) in [6.45, 7) is 2.07. The average Bonchev–Trinajstić information content (AvgIpc) is 2.75. The molecule has 0 saturated heterocycles. The van der Waals surface area contributed by atoms with Crippen LogP contribution in [0.5, 0.6) is 0 Å². The van der Waals surface area contributed by atoms with Crippen LogP contribution in [0.3, 0.4) is 0 Å². The quantitative estimate of drug-likeness (QED) is 0.758. The highest BCUT2D eigenvalue weighted by Gasteiger charge is 2.39. The molecule has 0 amide bonds. The van der Waals surface area contributed by atoms with E-state index in [-0.39, 0.29) is 5.60 Å². The molecule has 2 rings (SSSR count). The zero-order valence-electron chi connectivity index (χ0n) is 8.25. The number of aromatic nitrogens is 2.